The summed E-state index contributed by atoms with van der Waals surface area (Å²) in [5, 5.41) is 0. The lowest BCUT2D eigenvalue weighted by atomic mass is 9.99. The lowest BCUT2D eigenvalue weighted by Crippen LogP contribution is -2.00. The Balaban J connectivity index is 2.22. The summed E-state index contributed by atoms with van der Waals surface area (Å²) in [6.45, 7) is 4.02. The Bertz CT molecular complexity index is 460. The van der Waals surface area contributed by atoms with Crippen molar-refractivity contribution in [3.8, 4) is 0 Å². The molecule has 1 aliphatic carbocycles. The lowest BCUT2D eigenvalue weighted by molar-refractivity contribution is 0.613. The quantitative estimate of drug-likeness (QED) is 0.615. The monoisotopic (exact) mass is 238 g/mol. The Morgan fingerprint density at radius 2 is 2.12 bits per heavy atom. The highest BCUT2D eigenvalue weighted by Gasteiger charge is 2.35. The molecule has 1 radical (unpaired) electrons. The van der Waals surface area contributed by atoms with E-state index in [1.807, 2.05) is 18.2 Å². The first-order valence-corrected chi connectivity index (χ1v) is 6.77. The largest absolute Gasteiger partial charge is 0.399 e. The molecule has 4 heteroatoms. The fraction of sp³-hybridized carbons (Fsp3) is 0.417. The smallest absolute Gasteiger partial charge is 0.140 e. The minimum atomic E-state index is -2.31. The molecular formula is C12H16NO2S. The van der Waals surface area contributed by atoms with E-state index in [0.717, 1.165) is 12.0 Å². The molecule has 0 spiro atoms. The molecule has 0 heterocycles. The fourth-order valence-electron chi connectivity index (χ4n) is 2.04. The molecule has 0 aliphatic heterocycles. The molecule has 87 valence electrons. The first kappa shape index (κ1) is 11.5. The van der Waals surface area contributed by atoms with Gasteiger partial charge in [-0.25, -0.2) is 8.42 Å². The second kappa shape index (κ2) is 4.45. The number of benzene rings is 1. The highest BCUT2D eigenvalue weighted by molar-refractivity contribution is 7.72. The van der Waals surface area contributed by atoms with Crippen LogP contribution < -0.4 is 5.73 Å². The molecule has 1 saturated carbocycles. The highest BCUT2D eigenvalue weighted by Crippen LogP contribution is 2.48. The van der Waals surface area contributed by atoms with Crippen molar-refractivity contribution in [1.29, 1.82) is 0 Å². The van der Waals surface area contributed by atoms with Gasteiger partial charge in [-0.15, -0.1) is 0 Å². The number of anilines is 1. The number of nitrogen functional groups attached to an aromatic ring is 1. The molecule has 0 aromatic heterocycles. The predicted molar refractivity (Wildman–Crippen MR) is 65.9 cm³/mol. The highest BCUT2D eigenvalue weighted by atomic mass is 32.2. The molecule has 2 N–H and O–H groups in total. The molecule has 3 nitrogen and oxygen atoms in total. The average Bonchev–Trinajstić information content (AvgIpc) is 2.92. The number of aryl methyl sites for hydroxylation is 1. The summed E-state index contributed by atoms with van der Waals surface area (Å²) in [5.41, 5.74) is 8.71. The summed E-state index contributed by atoms with van der Waals surface area (Å²) in [6, 6.07) is 5.78. The van der Waals surface area contributed by atoms with Gasteiger partial charge in [-0.05, 0) is 54.9 Å². The zero-order valence-corrected chi connectivity index (χ0v) is 9.95. The van der Waals surface area contributed by atoms with Gasteiger partial charge in [-0.3, -0.25) is 0 Å². The van der Waals surface area contributed by atoms with Gasteiger partial charge in [-0.1, -0.05) is 6.07 Å². The van der Waals surface area contributed by atoms with Crippen LogP contribution in [0.4, 0.5) is 5.69 Å². The van der Waals surface area contributed by atoms with E-state index in [2.05, 4.69) is 6.92 Å². The van der Waals surface area contributed by atoms with Gasteiger partial charge in [-0.2, -0.15) is 0 Å². The standard InChI is InChI=1S/C12H16NO2S/c1-8-6-12(8)11-3-2-10(13)7-9(11)4-5-16(14)15/h2-3,7-8,12,16H,1,4-6,13H2. The second-order valence-corrected chi connectivity index (χ2v) is 5.48. The van der Waals surface area contributed by atoms with E-state index in [1.165, 1.54) is 5.56 Å². The van der Waals surface area contributed by atoms with E-state index >= 15 is 0 Å². The van der Waals surface area contributed by atoms with E-state index in [4.69, 9.17) is 5.73 Å². The Morgan fingerprint density at radius 1 is 1.44 bits per heavy atom. The van der Waals surface area contributed by atoms with Crippen LogP contribution in [0.2, 0.25) is 0 Å². The lowest BCUT2D eigenvalue weighted by Gasteiger charge is -2.08. The fourth-order valence-corrected chi connectivity index (χ4v) is 2.47. The number of rotatable bonds is 4. The molecule has 0 amide bonds. The van der Waals surface area contributed by atoms with E-state index < -0.39 is 10.7 Å². The molecule has 0 bridgehead atoms. The molecule has 0 saturated heterocycles. The Kier molecular flexibility index (Phi) is 3.19. The SMILES string of the molecule is [CH2]C1CC1c1ccc(N)cc1CC[SH](=O)=O. The number of hydrogen-bond donors (Lipinski definition) is 2. The first-order chi connectivity index (χ1) is 7.58. The van der Waals surface area contributed by atoms with Crippen LogP contribution in [0.1, 0.15) is 23.5 Å². The maximum atomic E-state index is 10.6. The molecule has 1 aliphatic rings. The van der Waals surface area contributed by atoms with Crippen molar-refractivity contribution in [2.24, 2.45) is 5.92 Å². The van der Waals surface area contributed by atoms with Gasteiger partial charge in [0, 0.05) is 5.69 Å². The van der Waals surface area contributed by atoms with Crippen molar-refractivity contribution in [2.45, 2.75) is 18.8 Å². The Morgan fingerprint density at radius 3 is 2.69 bits per heavy atom. The summed E-state index contributed by atoms with van der Waals surface area (Å²) < 4.78 is 21.2. The van der Waals surface area contributed by atoms with Crippen LogP contribution in [0.3, 0.4) is 0 Å². The van der Waals surface area contributed by atoms with Crippen molar-refractivity contribution in [3.63, 3.8) is 0 Å². The molecule has 2 rings (SSSR count). The van der Waals surface area contributed by atoms with Gasteiger partial charge < -0.3 is 5.73 Å². The van der Waals surface area contributed by atoms with Gasteiger partial charge in [0.2, 0.25) is 0 Å². The van der Waals surface area contributed by atoms with Gasteiger partial charge >= 0.3 is 0 Å². The van der Waals surface area contributed by atoms with Crippen LogP contribution in [-0.4, -0.2) is 14.2 Å². The summed E-state index contributed by atoms with van der Waals surface area (Å²) in [4.78, 5) is 0. The first-order valence-electron chi connectivity index (χ1n) is 5.41. The van der Waals surface area contributed by atoms with Crippen LogP contribution >= 0.6 is 0 Å². The molecule has 1 fully saturated rings. The van der Waals surface area contributed by atoms with Crippen molar-refractivity contribution in [1.82, 2.24) is 0 Å². The number of thiol groups is 1. The number of hydrogen-bond acceptors (Lipinski definition) is 3. The maximum absolute atomic E-state index is 10.6. The van der Waals surface area contributed by atoms with Crippen LogP contribution in [0, 0.1) is 12.8 Å². The Hall–Kier alpha value is -1.03. The van der Waals surface area contributed by atoms with E-state index in [-0.39, 0.29) is 5.75 Å². The normalized spacial score (nSPS) is 23.6. The average molecular weight is 238 g/mol. The summed E-state index contributed by atoms with van der Waals surface area (Å²) in [6.07, 6.45) is 1.66. The van der Waals surface area contributed by atoms with Crippen LogP contribution in [0.25, 0.3) is 0 Å². The van der Waals surface area contributed by atoms with Crippen LogP contribution in [0.15, 0.2) is 18.2 Å². The molecule has 2 unspecified atom stereocenters. The van der Waals surface area contributed by atoms with Crippen molar-refractivity contribution >= 4 is 16.4 Å². The van der Waals surface area contributed by atoms with E-state index in [0.29, 0.717) is 23.9 Å². The molecule has 2 atom stereocenters. The molecule has 1 aromatic carbocycles. The number of nitrogens with two attached hydrogens (primary N) is 1. The minimum absolute atomic E-state index is 0.195. The molecule has 1 aromatic rings. The second-order valence-electron chi connectivity index (χ2n) is 4.37. The third-order valence-corrected chi connectivity index (χ3v) is 3.64. The van der Waals surface area contributed by atoms with E-state index in [9.17, 15) is 8.42 Å². The Labute approximate surface area is 97.6 Å². The van der Waals surface area contributed by atoms with Gasteiger partial charge in [0.1, 0.15) is 10.7 Å². The van der Waals surface area contributed by atoms with Gasteiger partial charge in [0.05, 0.1) is 5.75 Å². The summed E-state index contributed by atoms with van der Waals surface area (Å²) in [7, 11) is -2.31. The molecular weight excluding hydrogens is 222 g/mol. The van der Waals surface area contributed by atoms with Crippen LogP contribution in [0.5, 0.6) is 0 Å². The third-order valence-electron chi connectivity index (χ3n) is 3.05. The minimum Gasteiger partial charge on any atom is -0.399 e. The third kappa shape index (κ3) is 2.55. The zero-order valence-electron chi connectivity index (χ0n) is 9.06. The summed E-state index contributed by atoms with van der Waals surface area (Å²) >= 11 is 0. The zero-order chi connectivity index (χ0) is 11.7. The van der Waals surface area contributed by atoms with Gasteiger partial charge in [0.25, 0.3) is 0 Å². The van der Waals surface area contributed by atoms with E-state index in [1.54, 1.807) is 0 Å². The van der Waals surface area contributed by atoms with Gasteiger partial charge in [0.15, 0.2) is 0 Å². The van der Waals surface area contributed by atoms with Crippen molar-refractivity contribution < 1.29 is 8.42 Å². The predicted octanol–water partition coefficient (Wildman–Crippen LogP) is 1.36. The van der Waals surface area contributed by atoms with Crippen molar-refractivity contribution in [3.05, 3.63) is 36.2 Å². The van der Waals surface area contributed by atoms with Crippen molar-refractivity contribution in [2.75, 3.05) is 11.5 Å². The van der Waals surface area contributed by atoms with Crippen LogP contribution in [-0.2, 0) is 17.1 Å². The summed E-state index contributed by atoms with van der Waals surface area (Å²) in [5.74, 6) is 1.17. The maximum Gasteiger partial charge on any atom is 0.140 e. The topological polar surface area (TPSA) is 60.2 Å². The molecule has 16 heavy (non-hydrogen) atoms.